The van der Waals surface area contributed by atoms with E-state index in [4.69, 9.17) is 25.5 Å². The fourth-order valence-electron chi connectivity index (χ4n) is 2.64. The second kappa shape index (κ2) is 4.05. The average molecular weight is 305 g/mol. The SMILES string of the molecule is Cc1cc(O)c(Cl)c2oc(=O)c3cc4c(cc3c12)OCO4. The second-order valence-electron chi connectivity index (χ2n) is 4.87. The Morgan fingerprint density at radius 3 is 2.52 bits per heavy atom. The molecule has 2 aromatic carbocycles. The first-order valence-electron chi connectivity index (χ1n) is 6.24. The molecule has 0 saturated heterocycles. The van der Waals surface area contributed by atoms with Gasteiger partial charge in [0, 0.05) is 10.8 Å². The molecule has 0 atom stereocenters. The normalized spacial score (nSPS) is 13.2. The van der Waals surface area contributed by atoms with Gasteiger partial charge in [-0.3, -0.25) is 0 Å². The molecule has 4 rings (SSSR count). The standard InChI is InChI=1S/C15H9ClO5/c1-6-2-9(17)13(16)14-12(6)7-3-10-11(20-5-19-10)4-8(7)15(18)21-14/h2-4,17H,5H2,1H3. The van der Waals surface area contributed by atoms with Gasteiger partial charge in [-0.05, 0) is 30.7 Å². The number of aryl methyl sites for hydroxylation is 1. The lowest BCUT2D eigenvalue weighted by molar-refractivity contribution is 0.174. The summed E-state index contributed by atoms with van der Waals surface area (Å²) < 4.78 is 15.9. The Morgan fingerprint density at radius 1 is 1.14 bits per heavy atom. The van der Waals surface area contributed by atoms with Crippen LogP contribution in [0.2, 0.25) is 5.02 Å². The van der Waals surface area contributed by atoms with Crippen LogP contribution in [-0.4, -0.2) is 11.9 Å². The molecule has 0 spiro atoms. The van der Waals surface area contributed by atoms with Crippen molar-refractivity contribution in [2.45, 2.75) is 6.92 Å². The minimum atomic E-state index is -0.539. The Labute approximate surface area is 123 Å². The lowest BCUT2D eigenvalue weighted by atomic mass is 10.0. The smallest absolute Gasteiger partial charge is 0.344 e. The largest absolute Gasteiger partial charge is 0.506 e. The highest BCUT2D eigenvalue weighted by Crippen LogP contribution is 2.41. The molecule has 5 nitrogen and oxygen atoms in total. The molecule has 106 valence electrons. The van der Waals surface area contributed by atoms with E-state index in [0.717, 1.165) is 5.56 Å². The summed E-state index contributed by atoms with van der Waals surface area (Å²) >= 11 is 6.05. The summed E-state index contributed by atoms with van der Waals surface area (Å²) in [6.45, 7) is 1.93. The third-order valence-electron chi connectivity index (χ3n) is 3.60. The lowest BCUT2D eigenvalue weighted by Crippen LogP contribution is -2.01. The topological polar surface area (TPSA) is 68.9 Å². The molecule has 0 unspecified atom stereocenters. The van der Waals surface area contributed by atoms with Crippen LogP contribution in [0.5, 0.6) is 17.2 Å². The summed E-state index contributed by atoms with van der Waals surface area (Å²) in [6, 6.07) is 4.87. The highest BCUT2D eigenvalue weighted by Gasteiger charge is 2.20. The van der Waals surface area contributed by atoms with E-state index in [-0.39, 0.29) is 23.1 Å². The Bertz CT molecular complexity index is 974. The number of halogens is 1. The minimum Gasteiger partial charge on any atom is -0.506 e. The zero-order valence-corrected chi connectivity index (χ0v) is 11.7. The summed E-state index contributed by atoms with van der Waals surface area (Å²) in [5, 5.41) is 11.5. The van der Waals surface area contributed by atoms with Crippen molar-refractivity contribution < 1.29 is 19.0 Å². The first kappa shape index (κ1) is 12.3. The van der Waals surface area contributed by atoms with Gasteiger partial charge in [-0.25, -0.2) is 4.79 Å². The second-order valence-corrected chi connectivity index (χ2v) is 5.25. The highest BCUT2D eigenvalue weighted by molar-refractivity contribution is 6.37. The van der Waals surface area contributed by atoms with E-state index >= 15 is 0 Å². The fourth-order valence-corrected chi connectivity index (χ4v) is 2.83. The third-order valence-corrected chi connectivity index (χ3v) is 3.96. The molecule has 21 heavy (non-hydrogen) atoms. The van der Waals surface area contributed by atoms with Crippen LogP contribution in [-0.2, 0) is 0 Å². The van der Waals surface area contributed by atoms with Crippen LogP contribution in [0, 0.1) is 6.92 Å². The number of aromatic hydroxyl groups is 1. The quantitative estimate of drug-likeness (QED) is 0.509. The summed E-state index contributed by atoms with van der Waals surface area (Å²) in [5.74, 6) is 0.958. The van der Waals surface area contributed by atoms with Crippen molar-refractivity contribution in [2.75, 3.05) is 6.79 Å². The monoisotopic (exact) mass is 304 g/mol. The number of hydrogen-bond donors (Lipinski definition) is 1. The molecule has 1 N–H and O–H groups in total. The lowest BCUT2D eigenvalue weighted by Gasteiger charge is -2.09. The maximum Gasteiger partial charge on any atom is 0.344 e. The maximum absolute atomic E-state index is 12.2. The predicted octanol–water partition coefficient (Wildman–Crippen LogP) is 3.34. The summed E-state index contributed by atoms with van der Waals surface area (Å²) in [6.07, 6.45) is 0. The molecule has 6 heteroatoms. The molecular formula is C15H9ClO5. The van der Waals surface area contributed by atoms with Crippen LogP contribution in [0.15, 0.2) is 27.4 Å². The molecular weight excluding hydrogens is 296 g/mol. The van der Waals surface area contributed by atoms with Gasteiger partial charge in [-0.15, -0.1) is 0 Å². The van der Waals surface area contributed by atoms with Gasteiger partial charge in [-0.1, -0.05) is 11.6 Å². The summed E-state index contributed by atoms with van der Waals surface area (Å²) in [5.41, 5.74) is 0.382. The van der Waals surface area contributed by atoms with Crippen molar-refractivity contribution in [1.82, 2.24) is 0 Å². The van der Waals surface area contributed by atoms with E-state index in [1.54, 1.807) is 12.1 Å². The van der Waals surface area contributed by atoms with E-state index in [0.29, 0.717) is 27.7 Å². The van der Waals surface area contributed by atoms with Gasteiger partial charge in [0.2, 0.25) is 6.79 Å². The molecule has 3 aromatic rings. The zero-order valence-electron chi connectivity index (χ0n) is 10.9. The van der Waals surface area contributed by atoms with Crippen molar-refractivity contribution >= 4 is 33.3 Å². The Hall–Kier alpha value is -2.40. The van der Waals surface area contributed by atoms with Gasteiger partial charge >= 0.3 is 5.63 Å². The molecule has 0 fully saturated rings. The predicted molar refractivity (Wildman–Crippen MR) is 77.5 cm³/mol. The van der Waals surface area contributed by atoms with Gasteiger partial charge in [0.15, 0.2) is 17.1 Å². The van der Waals surface area contributed by atoms with Crippen LogP contribution >= 0.6 is 11.6 Å². The van der Waals surface area contributed by atoms with Crippen molar-refractivity contribution in [3.63, 3.8) is 0 Å². The van der Waals surface area contributed by atoms with Crippen molar-refractivity contribution in [3.05, 3.63) is 39.2 Å². The van der Waals surface area contributed by atoms with E-state index in [1.807, 2.05) is 6.92 Å². The van der Waals surface area contributed by atoms with Gasteiger partial charge in [0.05, 0.1) is 5.39 Å². The molecule has 0 radical (unpaired) electrons. The zero-order chi connectivity index (χ0) is 14.7. The van der Waals surface area contributed by atoms with E-state index in [2.05, 4.69) is 0 Å². The average Bonchev–Trinajstić information content (AvgIpc) is 2.90. The van der Waals surface area contributed by atoms with Gasteiger partial charge in [0.25, 0.3) is 0 Å². The van der Waals surface area contributed by atoms with E-state index in [9.17, 15) is 9.90 Å². The first-order valence-corrected chi connectivity index (χ1v) is 6.62. The molecule has 0 aliphatic carbocycles. The number of phenols is 1. The molecule has 2 heterocycles. The molecule has 1 aliphatic rings. The van der Waals surface area contributed by atoms with Crippen molar-refractivity contribution in [2.24, 2.45) is 0 Å². The van der Waals surface area contributed by atoms with Crippen molar-refractivity contribution in [1.29, 1.82) is 0 Å². The number of rotatable bonds is 0. The van der Waals surface area contributed by atoms with Crippen molar-refractivity contribution in [3.8, 4) is 17.2 Å². The van der Waals surface area contributed by atoms with Crippen LogP contribution in [0.3, 0.4) is 0 Å². The fraction of sp³-hybridized carbons (Fsp3) is 0.133. The highest BCUT2D eigenvalue weighted by atomic mass is 35.5. The molecule has 0 saturated carbocycles. The first-order chi connectivity index (χ1) is 10.1. The van der Waals surface area contributed by atoms with Gasteiger partial charge in [0.1, 0.15) is 10.8 Å². The summed E-state index contributed by atoms with van der Waals surface area (Å²) in [4.78, 5) is 12.2. The Kier molecular flexibility index (Phi) is 2.38. The van der Waals surface area contributed by atoms with E-state index in [1.165, 1.54) is 6.07 Å². The maximum atomic E-state index is 12.2. The number of ether oxygens (including phenoxy) is 2. The minimum absolute atomic E-state index is 0.0206. The van der Waals surface area contributed by atoms with Gasteiger partial charge < -0.3 is 19.0 Å². The molecule has 0 amide bonds. The third kappa shape index (κ3) is 1.61. The van der Waals surface area contributed by atoms with Crippen LogP contribution in [0.4, 0.5) is 0 Å². The Morgan fingerprint density at radius 2 is 1.81 bits per heavy atom. The van der Waals surface area contributed by atoms with Crippen LogP contribution < -0.4 is 15.1 Å². The van der Waals surface area contributed by atoms with Gasteiger partial charge in [-0.2, -0.15) is 0 Å². The number of fused-ring (bicyclic) bond motifs is 4. The van der Waals surface area contributed by atoms with Crippen LogP contribution in [0.1, 0.15) is 5.56 Å². The molecule has 0 bridgehead atoms. The number of phenolic OH excluding ortho intramolecular Hbond substituents is 1. The summed E-state index contributed by atoms with van der Waals surface area (Å²) in [7, 11) is 0. The van der Waals surface area contributed by atoms with Crippen LogP contribution in [0.25, 0.3) is 21.7 Å². The molecule has 1 aromatic heterocycles. The number of benzene rings is 2. The number of hydrogen-bond acceptors (Lipinski definition) is 5. The Balaban J connectivity index is 2.29. The van der Waals surface area contributed by atoms with E-state index < -0.39 is 5.63 Å². The molecule has 1 aliphatic heterocycles.